The number of primary amides is 1. The number of carbonyl (C=O) groups excluding carboxylic acids is 1. The molecule has 0 atom stereocenters. The van der Waals surface area contributed by atoms with Crippen molar-refractivity contribution in [3.63, 3.8) is 0 Å². The zero-order valence-electron chi connectivity index (χ0n) is 12.2. The Balaban J connectivity index is 1.99. The first kappa shape index (κ1) is 16.5. The predicted molar refractivity (Wildman–Crippen MR) is 82.8 cm³/mol. The van der Waals surface area contributed by atoms with Crippen molar-refractivity contribution in [2.45, 2.75) is 36.6 Å². The molecule has 0 bridgehead atoms. The zero-order chi connectivity index (χ0) is 16.2. The summed E-state index contributed by atoms with van der Waals surface area (Å²) in [5, 5.41) is 0. The fraction of sp³-hybridized carbons (Fsp3) is 0.400. The van der Waals surface area contributed by atoms with Crippen LogP contribution < -0.4 is 15.2 Å². The van der Waals surface area contributed by atoms with E-state index in [9.17, 15) is 13.2 Å². The van der Waals surface area contributed by atoms with Gasteiger partial charge in [0.25, 0.3) is 5.91 Å². The van der Waals surface area contributed by atoms with Crippen LogP contribution in [0, 0.1) is 0 Å². The minimum absolute atomic E-state index is 0.0544. The zero-order valence-corrected chi connectivity index (χ0v) is 13.1. The van der Waals surface area contributed by atoms with Crippen molar-refractivity contribution in [3.05, 3.63) is 36.4 Å². The van der Waals surface area contributed by atoms with E-state index in [1.807, 2.05) is 0 Å². The molecule has 0 spiro atoms. The van der Waals surface area contributed by atoms with Crippen molar-refractivity contribution >= 4 is 15.9 Å². The molecule has 1 aromatic rings. The Morgan fingerprint density at radius 1 is 1.27 bits per heavy atom. The van der Waals surface area contributed by atoms with Crippen LogP contribution in [-0.4, -0.2) is 27.0 Å². The van der Waals surface area contributed by atoms with Crippen molar-refractivity contribution in [1.82, 2.24) is 4.72 Å². The summed E-state index contributed by atoms with van der Waals surface area (Å²) in [5.74, 6) is -0.191. The van der Waals surface area contributed by atoms with Crippen LogP contribution in [0.4, 0.5) is 0 Å². The summed E-state index contributed by atoms with van der Waals surface area (Å²) in [7, 11) is -3.55. The van der Waals surface area contributed by atoms with Gasteiger partial charge in [-0.3, -0.25) is 4.79 Å². The fourth-order valence-electron chi connectivity index (χ4n) is 2.30. The first-order chi connectivity index (χ1) is 10.4. The van der Waals surface area contributed by atoms with E-state index in [0.717, 1.165) is 25.7 Å². The third-order valence-electron chi connectivity index (χ3n) is 3.53. The highest BCUT2D eigenvalue weighted by Crippen LogP contribution is 2.24. The third kappa shape index (κ3) is 4.57. The Hall–Kier alpha value is -1.86. The second kappa shape index (κ2) is 6.93. The molecule has 1 saturated carbocycles. The lowest BCUT2D eigenvalue weighted by molar-refractivity contribution is -0.119. The number of carbonyl (C=O) groups is 1. The standard InChI is InChI=1S/C15H20N2O4S/c1-11-2-4-12(5-3-11)17-22(19,20)14-8-6-13(7-9-14)21-10-15(16)18/h6-9,12,17H,1-5,10H2,(H2,16,18). The third-order valence-corrected chi connectivity index (χ3v) is 5.07. The number of nitrogens with two attached hydrogens (primary N) is 1. The number of benzene rings is 1. The van der Waals surface area contributed by atoms with Gasteiger partial charge >= 0.3 is 0 Å². The second-order valence-corrected chi connectivity index (χ2v) is 7.09. The van der Waals surface area contributed by atoms with E-state index in [1.54, 1.807) is 0 Å². The molecular formula is C15H20N2O4S. The molecule has 1 aliphatic carbocycles. The minimum Gasteiger partial charge on any atom is -0.484 e. The highest BCUT2D eigenvalue weighted by Gasteiger charge is 2.22. The summed E-state index contributed by atoms with van der Waals surface area (Å²) in [4.78, 5) is 10.8. The van der Waals surface area contributed by atoms with Crippen LogP contribution in [0.1, 0.15) is 25.7 Å². The van der Waals surface area contributed by atoms with Crippen LogP contribution in [-0.2, 0) is 14.8 Å². The number of allylic oxidation sites excluding steroid dienone is 1. The number of hydrogen-bond acceptors (Lipinski definition) is 4. The van der Waals surface area contributed by atoms with Gasteiger partial charge in [-0.05, 0) is 49.9 Å². The monoisotopic (exact) mass is 324 g/mol. The molecule has 0 heterocycles. The Bertz CT molecular complexity index is 643. The molecule has 120 valence electrons. The van der Waals surface area contributed by atoms with E-state index in [-0.39, 0.29) is 17.5 Å². The van der Waals surface area contributed by atoms with Crippen molar-refractivity contribution < 1.29 is 17.9 Å². The predicted octanol–water partition coefficient (Wildman–Crippen LogP) is 1.33. The number of rotatable bonds is 6. The molecule has 3 N–H and O–H groups in total. The maximum atomic E-state index is 12.3. The molecule has 2 rings (SSSR count). The molecule has 0 unspecified atom stereocenters. The first-order valence-electron chi connectivity index (χ1n) is 7.07. The number of hydrogen-bond donors (Lipinski definition) is 2. The van der Waals surface area contributed by atoms with Gasteiger partial charge < -0.3 is 10.5 Å². The van der Waals surface area contributed by atoms with Gasteiger partial charge in [-0.15, -0.1) is 0 Å². The number of nitrogens with one attached hydrogen (secondary N) is 1. The van der Waals surface area contributed by atoms with E-state index >= 15 is 0 Å². The molecule has 0 aromatic heterocycles. The molecule has 1 aromatic carbocycles. The van der Waals surface area contributed by atoms with Gasteiger partial charge in [0.15, 0.2) is 6.61 Å². The Morgan fingerprint density at radius 3 is 2.41 bits per heavy atom. The van der Waals surface area contributed by atoms with Gasteiger partial charge in [-0.25, -0.2) is 13.1 Å². The quantitative estimate of drug-likeness (QED) is 0.771. The van der Waals surface area contributed by atoms with Gasteiger partial charge in [0.1, 0.15) is 5.75 Å². The number of sulfonamides is 1. The lowest BCUT2D eigenvalue weighted by Crippen LogP contribution is -2.36. The maximum absolute atomic E-state index is 12.3. The molecular weight excluding hydrogens is 304 g/mol. The van der Waals surface area contributed by atoms with Crippen molar-refractivity contribution in [1.29, 1.82) is 0 Å². The lowest BCUT2D eigenvalue weighted by atomic mass is 9.93. The molecule has 1 amide bonds. The van der Waals surface area contributed by atoms with Crippen LogP contribution in [0.2, 0.25) is 0 Å². The van der Waals surface area contributed by atoms with E-state index in [4.69, 9.17) is 10.5 Å². The van der Waals surface area contributed by atoms with Crippen LogP contribution in [0.3, 0.4) is 0 Å². The molecule has 0 radical (unpaired) electrons. The normalized spacial score (nSPS) is 16.5. The van der Waals surface area contributed by atoms with Crippen molar-refractivity contribution in [3.8, 4) is 5.75 Å². The highest BCUT2D eigenvalue weighted by atomic mass is 32.2. The Morgan fingerprint density at radius 2 is 1.86 bits per heavy atom. The molecule has 7 heteroatoms. The van der Waals surface area contributed by atoms with E-state index < -0.39 is 15.9 Å². The van der Waals surface area contributed by atoms with Gasteiger partial charge in [0.05, 0.1) is 4.90 Å². The maximum Gasteiger partial charge on any atom is 0.255 e. The molecule has 0 aliphatic heterocycles. The smallest absolute Gasteiger partial charge is 0.255 e. The molecule has 1 aliphatic rings. The van der Waals surface area contributed by atoms with Gasteiger partial charge in [-0.2, -0.15) is 0 Å². The van der Waals surface area contributed by atoms with Gasteiger partial charge in [0.2, 0.25) is 10.0 Å². The van der Waals surface area contributed by atoms with Crippen LogP contribution in [0.25, 0.3) is 0 Å². The summed E-state index contributed by atoms with van der Waals surface area (Å²) in [6.45, 7) is 3.68. The average Bonchev–Trinajstić information content (AvgIpc) is 2.48. The van der Waals surface area contributed by atoms with Gasteiger partial charge in [-0.1, -0.05) is 12.2 Å². The summed E-state index contributed by atoms with van der Waals surface area (Å²) in [6, 6.07) is 5.84. The van der Waals surface area contributed by atoms with Crippen molar-refractivity contribution in [2.75, 3.05) is 6.61 Å². The first-order valence-corrected chi connectivity index (χ1v) is 8.55. The molecule has 1 fully saturated rings. The Kier molecular flexibility index (Phi) is 5.20. The van der Waals surface area contributed by atoms with Crippen LogP contribution in [0.5, 0.6) is 5.75 Å². The van der Waals surface area contributed by atoms with Gasteiger partial charge in [0, 0.05) is 6.04 Å². The number of ether oxygens (including phenoxy) is 1. The lowest BCUT2D eigenvalue weighted by Gasteiger charge is -2.24. The van der Waals surface area contributed by atoms with E-state index in [0.29, 0.717) is 5.75 Å². The molecule has 22 heavy (non-hydrogen) atoms. The average molecular weight is 324 g/mol. The Labute approximate surface area is 130 Å². The fourth-order valence-corrected chi connectivity index (χ4v) is 3.61. The van der Waals surface area contributed by atoms with Crippen LogP contribution in [0.15, 0.2) is 41.3 Å². The SMILES string of the molecule is C=C1CCC(NS(=O)(=O)c2ccc(OCC(N)=O)cc2)CC1. The summed E-state index contributed by atoms with van der Waals surface area (Å²) < 4.78 is 32.4. The minimum atomic E-state index is -3.55. The summed E-state index contributed by atoms with van der Waals surface area (Å²) in [6.07, 6.45) is 3.26. The van der Waals surface area contributed by atoms with E-state index in [1.165, 1.54) is 29.8 Å². The van der Waals surface area contributed by atoms with Crippen LogP contribution >= 0.6 is 0 Å². The molecule has 6 nitrogen and oxygen atoms in total. The van der Waals surface area contributed by atoms with E-state index in [2.05, 4.69) is 11.3 Å². The topological polar surface area (TPSA) is 98.5 Å². The van der Waals surface area contributed by atoms with Crippen molar-refractivity contribution in [2.24, 2.45) is 5.73 Å². The summed E-state index contributed by atoms with van der Waals surface area (Å²) >= 11 is 0. The second-order valence-electron chi connectivity index (χ2n) is 5.37. The number of amides is 1. The largest absolute Gasteiger partial charge is 0.484 e. The highest BCUT2D eigenvalue weighted by molar-refractivity contribution is 7.89. The summed E-state index contributed by atoms with van der Waals surface area (Å²) in [5.41, 5.74) is 6.15. The molecule has 0 saturated heterocycles.